The first-order chi connectivity index (χ1) is 16.0. The zero-order chi connectivity index (χ0) is 23.5. The fourth-order valence-corrected chi connectivity index (χ4v) is 4.59. The van der Waals surface area contributed by atoms with E-state index in [0.717, 1.165) is 5.56 Å². The van der Waals surface area contributed by atoms with Crippen LogP contribution >= 0.6 is 11.8 Å². The van der Waals surface area contributed by atoms with Gasteiger partial charge in [-0.3, -0.25) is 4.79 Å². The molecular formula is C23H25N5O4S. The third-order valence-electron chi connectivity index (χ3n) is 5.31. The first-order valence-electron chi connectivity index (χ1n) is 10.2. The van der Waals surface area contributed by atoms with Crippen molar-refractivity contribution in [2.45, 2.75) is 23.9 Å². The number of carbonyl (C=O) groups excluding carboxylic acids is 1. The molecule has 1 aliphatic rings. The van der Waals surface area contributed by atoms with Crippen LogP contribution in [0.3, 0.4) is 0 Å². The van der Waals surface area contributed by atoms with E-state index in [2.05, 4.69) is 22.4 Å². The van der Waals surface area contributed by atoms with Crippen molar-refractivity contribution in [3.8, 4) is 17.2 Å². The van der Waals surface area contributed by atoms with Gasteiger partial charge in [0.15, 0.2) is 11.5 Å². The van der Waals surface area contributed by atoms with Gasteiger partial charge in [0, 0.05) is 11.4 Å². The Morgan fingerprint density at radius 1 is 1.12 bits per heavy atom. The molecule has 3 aromatic rings. The van der Waals surface area contributed by atoms with Gasteiger partial charge in [-0.05, 0) is 30.2 Å². The Bertz CT molecular complexity index is 1180. The lowest BCUT2D eigenvalue weighted by atomic mass is 9.94. The summed E-state index contributed by atoms with van der Waals surface area (Å²) in [5.74, 6) is 2.07. The number of nitrogens with two attached hydrogens (primary N) is 1. The Morgan fingerprint density at radius 3 is 2.36 bits per heavy atom. The van der Waals surface area contributed by atoms with Gasteiger partial charge < -0.3 is 25.3 Å². The van der Waals surface area contributed by atoms with Crippen molar-refractivity contribution >= 4 is 23.6 Å². The maximum Gasteiger partial charge on any atom is 0.248 e. The van der Waals surface area contributed by atoms with Crippen molar-refractivity contribution in [3.63, 3.8) is 0 Å². The second kappa shape index (κ2) is 9.45. The van der Waals surface area contributed by atoms with Crippen molar-refractivity contribution in [2.75, 3.05) is 26.6 Å². The molecule has 0 spiro atoms. The van der Waals surface area contributed by atoms with E-state index in [-0.39, 0.29) is 0 Å². The fraction of sp³-hybridized carbons (Fsp3) is 0.261. The molecule has 9 nitrogen and oxygen atoms in total. The lowest BCUT2D eigenvalue weighted by Crippen LogP contribution is -2.31. The quantitative estimate of drug-likeness (QED) is 0.485. The molecule has 0 saturated carbocycles. The largest absolute Gasteiger partial charge is 0.493 e. The Labute approximate surface area is 195 Å². The van der Waals surface area contributed by atoms with E-state index < -0.39 is 11.9 Å². The normalized spacial score (nSPS) is 15.0. The molecule has 0 bridgehead atoms. The minimum absolute atomic E-state index is 0.376. The summed E-state index contributed by atoms with van der Waals surface area (Å²) in [6, 6.07) is 13.0. The van der Waals surface area contributed by atoms with Crippen molar-refractivity contribution in [1.29, 1.82) is 0 Å². The Balaban J connectivity index is 1.78. The van der Waals surface area contributed by atoms with E-state index >= 15 is 0 Å². The van der Waals surface area contributed by atoms with E-state index in [1.165, 1.54) is 18.9 Å². The summed E-state index contributed by atoms with van der Waals surface area (Å²) < 4.78 is 18.1. The molecule has 1 aromatic heterocycles. The van der Waals surface area contributed by atoms with Gasteiger partial charge in [0.05, 0.1) is 26.9 Å². The molecule has 0 fully saturated rings. The van der Waals surface area contributed by atoms with Crippen molar-refractivity contribution in [1.82, 2.24) is 14.8 Å². The number of anilines is 1. The molecule has 0 aliphatic carbocycles. The van der Waals surface area contributed by atoms with Gasteiger partial charge in [0.2, 0.25) is 22.8 Å². The summed E-state index contributed by atoms with van der Waals surface area (Å²) in [4.78, 5) is 17.1. The van der Waals surface area contributed by atoms with Crippen LogP contribution in [0.5, 0.6) is 17.2 Å². The van der Waals surface area contributed by atoms with Gasteiger partial charge in [-0.2, -0.15) is 4.98 Å². The topological polar surface area (TPSA) is 114 Å². The summed E-state index contributed by atoms with van der Waals surface area (Å²) in [7, 11) is 4.62. The predicted octanol–water partition coefficient (Wildman–Crippen LogP) is 3.37. The first-order valence-corrected chi connectivity index (χ1v) is 11.2. The third-order valence-corrected chi connectivity index (χ3v) is 6.22. The number of ether oxygens (including phenoxy) is 3. The summed E-state index contributed by atoms with van der Waals surface area (Å²) >= 11 is 1.51. The molecular weight excluding hydrogens is 442 g/mol. The monoisotopic (exact) mass is 467 g/mol. The summed E-state index contributed by atoms with van der Waals surface area (Å²) in [6.07, 6.45) is 0. The molecule has 0 unspecified atom stereocenters. The Hall–Kier alpha value is -3.66. The van der Waals surface area contributed by atoms with E-state index in [1.807, 2.05) is 18.2 Å². The maximum absolute atomic E-state index is 12.5. The van der Waals surface area contributed by atoms with Gasteiger partial charge >= 0.3 is 0 Å². The number of allylic oxidation sites excluding steroid dienone is 1. The fourth-order valence-electron chi connectivity index (χ4n) is 3.80. The molecule has 4 rings (SSSR count). The predicted molar refractivity (Wildman–Crippen MR) is 126 cm³/mol. The molecule has 3 N–H and O–H groups in total. The van der Waals surface area contributed by atoms with Crippen molar-refractivity contribution < 1.29 is 19.0 Å². The van der Waals surface area contributed by atoms with E-state index in [9.17, 15) is 4.79 Å². The number of amides is 1. The van der Waals surface area contributed by atoms with Gasteiger partial charge in [0.25, 0.3) is 0 Å². The molecule has 2 aromatic carbocycles. The number of hydrogen-bond donors (Lipinski definition) is 2. The number of benzene rings is 2. The highest BCUT2D eigenvalue weighted by molar-refractivity contribution is 7.98. The van der Waals surface area contributed by atoms with Crippen molar-refractivity contribution in [3.05, 3.63) is 64.9 Å². The zero-order valence-electron chi connectivity index (χ0n) is 18.8. The molecule has 172 valence electrons. The molecule has 0 radical (unpaired) electrons. The van der Waals surface area contributed by atoms with Crippen LogP contribution in [0.15, 0.2) is 58.9 Å². The molecule has 1 amide bonds. The van der Waals surface area contributed by atoms with E-state index in [1.54, 1.807) is 38.0 Å². The summed E-state index contributed by atoms with van der Waals surface area (Å²) in [6.45, 7) is 1.79. The third kappa shape index (κ3) is 4.34. The van der Waals surface area contributed by atoms with Crippen LogP contribution in [0.1, 0.15) is 24.1 Å². The van der Waals surface area contributed by atoms with E-state index in [0.29, 0.717) is 50.9 Å². The number of nitrogens with zero attached hydrogens (tertiary/aromatic N) is 3. The second-order valence-electron chi connectivity index (χ2n) is 7.33. The minimum atomic E-state index is -0.619. The number of aromatic nitrogens is 3. The van der Waals surface area contributed by atoms with Crippen LogP contribution < -0.4 is 25.3 Å². The summed E-state index contributed by atoms with van der Waals surface area (Å²) in [5.41, 5.74) is 8.64. The van der Waals surface area contributed by atoms with Crippen LogP contribution in [-0.2, 0) is 10.5 Å². The lowest BCUT2D eigenvalue weighted by Gasteiger charge is -2.28. The standard InChI is InChI=1S/C23H25N5O4S/c1-13-18(21(24)29)19(15-10-16(30-2)20(32-4)17(11-15)31-3)28-22(25-13)26-23(27-28)33-12-14-8-6-5-7-9-14/h5-11,19H,12H2,1-4H3,(H2,24,29)(H,25,26,27)/t19-/m1/s1. The van der Waals surface area contributed by atoms with Gasteiger partial charge in [-0.1, -0.05) is 42.1 Å². The number of primary amides is 1. The average Bonchev–Trinajstić information content (AvgIpc) is 3.23. The highest BCUT2D eigenvalue weighted by atomic mass is 32.2. The number of thioether (sulfide) groups is 1. The van der Waals surface area contributed by atoms with Crippen molar-refractivity contribution in [2.24, 2.45) is 5.73 Å². The van der Waals surface area contributed by atoms with E-state index in [4.69, 9.17) is 25.0 Å². The van der Waals surface area contributed by atoms with Gasteiger partial charge in [0.1, 0.15) is 6.04 Å². The molecule has 1 atom stereocenters. The van der Waals surface area contributed by atoms with Crippen LogP contribution in [-0.4, -0.2) is 42.0 Å². The Kier molecular flexibility index (Phi) is 6.45. The number of methoxy groups -OCH3 is 3. The molecule has 2 heterocycles. The SMILES string of the molecule is COc1cc([C@@H]2C(C(N)=O)=C(C)Nc3nc(SCc4ccccc4)nn32)cc(OC)c1OC. The second-order valence-corrected chi connectivity index (χ2v) is 8.27. The number of fused-ring (bicyclic) bond motifs is 1. The van der Waals surface area contributed by atoms with Crippen LogP contribution in [0, 0.1) is 0 Å². The zero-order valence-corrected chi connectivity index (χ0v) is 19.6. The lowest BCUT2D eigenvalue weighted by molar-refractivity contribution is -0.115. The highest BCUT2D eigenvalue weighted by Crippen LogP contribution is 2.44. The van der Waals surface area contributed by atoms with Crippen LogP contribution in [0.2, 0.25) is 0 Å². The average molecular weight is 468 g/mol. The first kappa shape index (κ1) is 22.5. The number of carbonyl (C=O) groups is 1. The van der Waals surface area contributed by atoms with Crippen LogP contribution in [0.4, 0.5) is 5.95 Å². The molecule has 33 heavy (non-hydrogen) atoms. The maximum atomic E-state index is 12.5. The smallest absolute Gasteiger partial charge is 0.248 e. The number of rotatable bonds is 8. The van der Waals surface area contributed by atoms with Gasteiger partial charge in [-0.25, -0.2) is 4.68 Å². The Morgan fingerprint density at radius 2 is 1.79 bits per heavy atom. The van der Waals surface area contributed by atoms with Crippen LogP contribution in [0.25, 0.3) is 0 Å². The van der Waals surface area contributed by atoms with Gasteiger partial charge in [-0.15, -0.1) is 5.10 Å². The number of hydrogen-bond acceptors (Lipinski definition) is 8. The highest BCUT2D eigenvalue weighted by Gasteiger charge is 2.34. The molecule has 0 saturated heterocycles. The molecule has 10 heteroatoms. The minimum Gasteiger partial charge on any atom is -0.493 e. The summed E-state index contributed by atoms with van der Waals surface area (Å²) in [5, 5.41) is 8.43. The number of nitrogens with one attached hydrogen (secondary N) is 1. The molecule has 1 aliphatic heterocycles.